The smallest absolute Gasteiger partial charge is 0.208 e. The largest absolute Gasteiger partial charge is 0.255 e. The normalized spacial score (nSPS) is 11.8. The number of nitrogens with zero attached hydrogens (tertiary/aromatic N) is 1. The van der Waals surface area contributed by atoms with Crippen LogP contribution >= 0.6 is 23.2 Å². The van der Waals surface area contributed by atoms with Crippen molar-refractivity contribution in [1.29, 1.82) is 0 Å². The van der Waals surface area contributed by atoms with Crippen molar-refractivity contribution in [2.45, 2.75) is 9.79 Å². The minimum Gasteiger partial charge on any atom is -0.255 e. The summed E-state index contributed by atoms with van der Waals surface area (Å²) in [6.07, 6.45) is 1.07. The highest BCUT2D eigenvalue weighted by Gasteiger charge is 2.26. The second kappa shape index (κ2) is 7.58. The minimum atomic E-state index is -4.23. The zero-order valence-corrected chi connectivity index (χ0v) is 17.2. The Labute approximate surface area is 179 Å². The number of fused-ring (bicyclic) bond motifs is 1. The summed E-state index contributed by atoms with van der Waals surface area (Å²) in [5, 5.41) is -0.340. The molecule has 0 aliphatic carbocycles. The van der Waals surface area contributed by atoms with Crippen molar-refractivity contribution in [1.82, 2.24) is 4.98 Å². The van der Waals surface area contributed by atoms with E-state index in [9.17, 15) is 21.6 Å². The summed E-state index contributed by atoms with van der Waals surface area (Å²) in [5.41, 5.74) is 0.660. The number of benzene rings is 3. The molecule has 1 heterocycles. The SMILES string of the molecule is O=S(=O)(c1ccc(F)c(Cl)c1)c1cnc2cc(F)c(Cl)cc2c1-c1ccc(F)cc1. The molecule has 0 fully saturated rings. The first-order valence-corrected chi connectivity index (χ1v) is 10.7. The first-order valence-electron chi connectivity index (χ1n) is 8.42. The quantitative estimate of drug-likeness (QED) is 0.325. The highest BCUT2D eigenvalue weighted by Crippen LogP contribution is 2.38. The van der Waals surface area contributed by atoms with Gasteiger partial charge in [0.2, 0.25) is 9.84 Å². The molecule has 0 radical (unpaired) electrons. The summed E-state index contributed by atoms with van der Waals surface area (Å²) in [6.45, 7) is 0. The van der Waals surface area contributed by atoms with Gasteiger partial charge < -0.3 is 0 Å². The number of aromatic nitrogens is 1. The monoisotopic (exact) mass is 467 g/mol. The number of hydrogen-bond donors (Lipinski definition) is 0. The van der Waals surface area contributed by atoms with E-state index >= 15 is 0 Å². The Hall–Kier alpha value is -2.61. The molecule has 9 heteroatoms. The molecule has 0 unspecified atom stereocenters. The van der Waals surface area contributed by atoms with Gasteiger partial charge in [0.05, 0.1) is 25.4 Å². The lowest BCUT2D eigenvalue weighted by atomic mass is 10.0. The molecule has 0 spiro atoms. The molecule has 4 rings (SSSR count). The van der Waals surface area contributed by atoms with Crippen molar-refractivity contribution in [3.8, 4) is 11.1 Å². The van der Waals surface area contributed by atoms with Crippen LogP contribution in [0.25, 0.3) is 22.0 Å². The summed E-state index contributed by atoms with van der Waals surface area (Å²) in [4.78, 5) is 3.56. The standard InChI is InChI=1S/C21H10Cl2F3NO2S/c22-15-7-13(5-6-17(15)25)30(28,29)20-10-27-19-9-18(26)16(23)8-14(19)21(20)11-1-3-12(24)4-2-11/h1-10H. The Bertz CT molecular complexity index is 1410. The van der Waals surface area contributed by atoms with Gasteiger partial charge in [-0.2, -0.15) is 0 Å². The van der Waals surface area contributed by atoms with E-state index in [0.29, 0.717) is 5.56 Å². The number of halogens is 5. The Morgan fingerprint density at radius 3 is 2.13 bits per heavy atom. The summed E-state index contributed by atoms with van der Waals surface area (Å²) in [6, 6.07) is 10.4. The van der Waals surface area contributed by atoms with Crippen LogP contribution in [0.5, 0.6) is 0 Å². The molecule has 4 aromatic rings. The first-order chi connectivity index (χ1) is 14.2. The molecule has 0 atom stereocenters. The molecule has 30 heavy (non-hydrogen) atoms. The maximum Gasteiger partial charge on any atom is 0.208 e. The van der Waals surface area contributed by atoms with Crippen molar-refractivity contribution < 1.29 is 21.6 Å². The second-order valence-electron chi connectivity index (χ2n) is 6.37. The van der Waals surface area contributed by atoms with Crippen molar-refractivity contribution in [3.05, 3.63) is 88.3 Å². The Morgan fingerprint density at radius 1 is 0.800 bits per heavy atom. The number of sulfone groups is 1. The zero-order chi connectivity index (χ0) is 21.6. The van der Waals surface area contributed by atoms with Gasteiger partial charge in [0, 0.05) is 23.2 Å². The molecule has 0 saturated heterocycles. The van der Waals surface area contributed by atoms with Gasteiger partial charge in [-0.25, -0.2) is 21.6 Å². The molecule has 3 aromatic carbocycles. The van der Waals surface area contributed by atoms with Crippen LogP contribution in [0.1, 0.15) is 0 Å². The molecular weight excluding hydrogens is 458 g/mol. The van der Waals surface area contributed by atoms with Crippen molar-refractivity contribution in [3.63, 3.8) is 0 Å². The summed E-state index contributed by atoms with van der Waals surface area (Å²) in [7, 11) is -4.23. The topological polar surface area (TPSA) is 47.0 Å². The summed E-state index contributed by atoms with van der Waals surface area (Å²) in [5.74, 6) is -2.01. The van der Waals surface area contributed by atoms with Gasteiger partial charge in [0.25, 0.3) is 0 Å². The molecule has 0 N–H and O–H groups in total. The third kappa shape index (κ3) is 3.53. The van der Waals surface area contributed by atoms with Crippen LogP contribution in [-0.4, -0.2) is 13.4 Å². The van der Waals surface area contributed by atoms with E-state index in [4.69, 9.17) is 23.2 Å². The van der Waals surface area contributed by atoms with E-state index in [1.165, 1.54) is 18.2 Å². The van der Waals surface area contributed by atoms with Crippen molar-refractivity contribution >= 4 is 43.9 Å². The lowest BCUT2D eigenvalue weighted by molar-refractivity contribution is 0.595. The Balaban J connectivity index is 2.09. The van der Waals surface area contributed by atoms with Crippen LogP contribution in [0.15, 0.2) is 70.6 Å². The third-order valence-corrected chi connectivity index (χ3v) is 6.84. The van der Waals surface area contributed by atoms with E-state index in [2.05, 4.69) is 4.98 Å². The maximum absolute atomic E-state index is 13.9. The van der Waals surface area contributed by atoms with Gasteiger partial charge in [-0.3, -0.25) is 4.98 Å². The maximum atomic E-state index is 13.9. The van der Waals surface area contributed by atoms with Crippen LogP contribution < -0.4 is 0 Å². The molecule has 3 nitrogen and oxygen atoms in total. The molecule has 0 bridgehead atoms. The average Bonchev–Trinajstić information content (AvgIpc) is 2.71. The van der Waals surface area contributed by atoms with E-state index < -0.39 is 27.3 Å². The zero-order valence-electron chi connectivity index (χ0n) is 14.8. The van der Waals surface area contributed by atoms with Crippen LogP contribution in [-0.2, 0) is 9.84 Å². The number of pyridine rings is 1. The predicted molar refractivity (Wildman–Crippen MR) is 109 cm³/mol. The summed E-state index contributed by atoms with van der Waals surface area (Å²) >= 11 is 11.7. The van der Waals surface area contributed by atoms with Crippen LogP contribution in [0.2, 0.25) is 10.0 Å². The Morgan fingerprint density at radius 2 is 1.47 bits per heavy atom. The van der Waals surface area contributed by atoms with E-state index in [1.54, 1.807) is 0 Å². The third-order valence-electron chi connectivity index (χ3n) is 4.50. The number of rotatable bonds is 3. The predicted octanol–water partition coefficient (Wildman–Crippen LogP) is 6.46. The molecule has 152 valence electrons. The van der Waals surface area contributed by atoms with Crippen LogP contribution in [0.3, 0.4) is 0 Å². The Kier molecular flexibility index (Phi) is 5.22. The average molecular weight is 468 g/mol. The minimum absolute atomic E-state index is 0.155. The first kappa shape index (κ1) is 20.7. The highest BCUT2D eigenvalue weighted by molar-refractivity contribution is 7.91. The molecular formula is C21H10Cl2F3NO2S. The molecule has 0 aliphatic rings. The highest BCUT2D eigenvalue weighted by atomic mass is 35.5. The fraction of sp³-hybridized carbons (Fsp3) is 0. The molecule has 1 aromatic heterocycles. The van der Waals surface area contributed by atoms with Crippen molar-refractivity contribution in [2.75, 3.05) is 0 Å². The van der Waals surface area contributed by atoms with Crippen LogP contribution in [0, 0.1) is 17.5 Å². The summed E-state index contributed by atoms with van der Waals surface area (Å²) < 4.78 is 67.6. The van der Waals surface area contributed by atoms with Gasteiger partial charge >= 0.3 is 0 Å². The van der Waals surface area contributed by atoms with Gasteiger partial charge in [-0.1, -0.05) is 35.3 Å². The lowest BCUT2D eigenvalue weighted by Gasteiger charge is -2.14. The van der Waals surface area contributed by atoms with Gasteiger partial charge in [0.15, 0.2) is 0 Å². The van der Waals surface area contributed by atoms with Gasteiger partial charge in [-0.05, 0) is 42.0 Å². The number of hydrogen-bond acceptors (Lipinski definition) is 3. The fourth-order valence-corrected chi connectivity index (χ4v) is 4.93. The van der Waals surface area contributed by atoms with Gasteiger partial charge in [-0.15, -0.1) is 0 Å². The molecule has 0 amide bonds. The lowest BCUT2D eigenvalue weighted by Crippen LogP contribution is -2.06. The van der Waals surface area contributed by atoms with Gasteiger partial charge in [0.1, 0.15) is 17.5 Å². The van der Waals surface area contributed by atoms with Crippen LogP contribution in [0.4, 0.5) is 13.2 Å². The fourth-order valence-electron chi connectivity index (χ4n) is 3.06. The van der Waals surface area contributed by atoms with E-state index in [0.717, 1.165) is 42.6 Å². The molecule has 0 saturated carbocycles. The second-order valence-corrected chi connectivity index (χ2v) is 9.10. The van der Waals surface area contributed by atoms with E-state index in [-0.39, 0.29) is 36.3 Å². The van der Waals surface area contributed by atoms with E-state index in [1.807, 2.05) is 0 Å². The molecule has 0 aliphatic heterocycles. The van der Waals surface area contributed by atoms with Crippen molar-refractivity contribution in [2.24, 2.45) is 0 Å².